The standard InChI is InChI=1S/C22H24N4OS/c1-16(2)14-26-17-6-3-10-23-20(17)25-11-4-8-19(25)22(26)9-12-24(15-22)21(27)18-7-5-13-28-18/h3-8,10-11,13,16H,9,12,14-15H2,1-2H3. The van der Waals surface area contributed by atoms with E-state index >= 15 is 0 Å². The molecule has 1 atom stereocenters. The predicted molar refractivity (Wildman–Crippen MR) is 112 cm³/mol. The van der Waals surface area contributed by atoms with Crippen molar-refractivity contribution in [3.8, 4) is 5.82 Å². The Balaban J connectivity index is 1.60. The second-order valence-electron chi connectivity index (χ2n) is 8.10. The first kappa shape index (κ1) is 17.5. The molecule has 2 aliphatic rings. The van der Waals surface area contributed by atoms with Crippen LogP contribution in [0, 0.1) is 5.92 Å². The van der Waals surface area contributed by atoms with Gasteiger partial charge in [0.2, 0.25) is 0 Å². The summed E-state index contributed by atoms with van der Waals surface area (Å²) in [6.07, 6.45) is 4.88. The molecule has 1 unspecified atom stereocenters. The van der Waals surface area contributed by atoms with E-state index in [2.05, 4.69) is 52.7 Å². The van der Waals surface area contributed by atoms with E-state index in [1.165, 1.54) is 17.0 Å². The second kappa shape index (κ2) is 6.48. The summed E-state index contributed by atoms with van der Waals surface area (Å²) in [7, 11) is 0. The number of fused-ring (bicyclic) bond motifs is 4. The van der Waals surface area contributed by atoms with Crippen molar-refractivity contribution in [2.45, 2.75) is 25.8 Å². The number of carbonyl (C=O) groups excluding carboxylic acids is 1. The van der Waals surface area contributed by atoms with Gasteiger partial charge in [0.25, 0.3) is 5.91 Å². The molecular formula is C22H24N4OS. The zero-order valence-corrected chi connectivity index (χ0v) is 17.0. The minimum absolute atomic E-state index is 0.145. The first-order valence-corrected chi connectivity index (χ1v) is 10.7. The summed E-state index contributed by atoms with van der Waals surface area (Å²) in [6, 6.07) is 12.3. The van der Waals surface area contributed by atoms with E-state index in [4.69, 9.17) is 0 Å². The lowest BCUT2D eigenvalue weighted by atomic mass is 9.88. The van der Waals surface area contributed by atoms with Crippen LogP contribution in [-0.2, 0) is 5.54 Å². The fourth-order valence-corrected chi connectivity index (χ4v) is 5.38. The fraction of sp³-hybridized carbons (Fsp3) is 0.364. The third kappa shape index (κ3) is 2.51. The van der Waals surface area contributed by atoms with Crippen molar-refractivity contribution >= 4 is 22.9 Å². The van der Waals surface area contributed by atoms with Gasteiger partial charge in [0, 0.05) is 32.0 Å². The monoisotopic (exact) mass is 392 g/mol. The van der Waals surface area contributed by atoms with Crippen LogP contribution in [0.2, 0.25) is 0 Å². The van der Waals surface area contributed by atoms with Crippen molar-refractivity contribution in [3.05, 3.63) is 64.7 Å². The molecule has 0 aromatic carbocycles. The highest BCUT2D eigenvalue weighted by Crippen LogP contribution is 2.47. The molecule has 2 aliphatic heterocycles. The Bertz CT molecular complexity index is 1010. The first-order chi connectivity index (χ1) is 13.6. The van der Waals surface area contributed by atoms with Crippen LogP contribution in [0.3, 0.4) is 0 Å². The van der Waals surface area contributed by atoms with Crippen LogP contribution in [0.25, 0.3) is 5.82 Å². The maximum Gasteiger partial charge on any atom is 0.264 e. The van der Waals surface area contributed by atoms with E-state index in [1.807, 2.05) is 34.7 Å². The Hall–Kier alpha value is -2.60. The molecule has 6 heteroatoms. The van der Waals surface area contributed by atoms with E-state index in [1.54, 1.807) is 0 Å². The van der Waals surface area contributed by atoms with Crippen molar-refractivity contribution in [2.75, 3.05) is 24.5 Å². The van der Waals surface area contributed by atoms with Crippen LogP contribution < -0.4 is 4.90 Å². The van der Waals surface area contributed by atoms with E-state index in [0.29, 0.717) is 12.5 Å². The van der Waals surface area contributed by atoms with E-state index < -0.39 is 0 Å². The first-order valence-electron chi connectivity index (χ1n) is 9.84. The van der Waals surface area contributed by atoms with Crippen LogP contribution in [0.5, 0.6) is 0 Å². The van der Waals surface area contributed by atoms with Crippen molar-refractivity contribution in [3.63, 3.8) is 0 Å². The molecule has 0 radical (unpaired) electrons. The number of carbonyl (C=O) groups is 1. The number of rotatable bonds is 3. The highest BCUT2D eigenvalue weighted by molar-refractivity contribution is 7.12. The van der Waals surface area contributed by atoms with Crippen molar-refractivity contribution in [1.82, 2.24) is 14.5 Å². The molecule has 1 spiro atoms. The van der Waals surface area contributed by atoms with Gasteiger partial charge < -0.3 is 14.4 Å². The molecule has 144 valence electrons. The van der Waals surface area contributed by atoms with Crippen molar-refractivity contribution in [2.24, 2.45) is 5.92 Å². The molecule has 0 saturated carbocycles. The summed E-state index contributed by atoms with van der Waals surface area (Å²) in [5.74, 6) is 1.64. The number of amides is 1. The van der Waals surface area contributed by atoms with Gasteiger partial charge in [0.1, 0.15) is 5.54 Å². The normalized spacial score (nSPS) is 20.7. The maximum atomic E-state index is 13.1. The SMILES string of the molecule is CC(C)CN1c2cccnc2-n2cccc2C12CCN(C(=O)c1cccs1)C2. The number of thiophene rings is 1. The predicted octanol–water partition coefficient (Wildman–Crippen LogP) is 4.15. The van der Waals surface area contributed by atoms with E-state index in [9.17, 15) is 4.79 Å². The maximum absolute atomic E-state index is 13.1. The number of anilines is 1. The summed E-state index contributed by atoms with van der Waals surface area (Å²) in [6.45, 7) is 6.91. The number of nitrogens with zero attached hydrogens (tertiary/aromatic N) is 4. The van der Waals surface area contributed by atoms with E-state index in [-0.39, 0.29) is 11.4 Å². The quantitative estimate of drug-likeness (QED) is 0.672. The Labute approximate surface area is 169 Å². The van der Waals surface area contributed by atoms with Gasteiger partial charge in [-0.1, -0.05) is 19.9 Å². The van der Waals surface area contributed by atoms with Gasteiger partial charge in [-0.2, -0.15) is 0 Å². The topological polar surface area (TPSA) is 41.4 Å². The van der Waals surface area contributed by atoms with Gasteiger partial charge >= 0.3 is 0 Å². The van der Waals surface area contributed by atoms with Gasteiger partial charge in [-0.3, -0.25) is 4.79 Å². The van der Waals surface area contributed by atoms with Crippen LogP contribution in [0.1, 0.15) is 35.6 Å². The van der Waals surface area contributed by atoms with Gasteiger partial charge in [0.15, 0.2) is 5.82 Å². The smallest absolute Gasteiger partial charge is 0.264 e. The Morgan fingerprint density at radius 2 is 2.14 bits per heavy atom. The molecule has 0 aliphatic carbocycles. The lowest BCUT2D eigenvalue weighted by molar-refractivity contribution is 0.0786. The van der Waals surface area contributed by atoms with Crippen molar-refractivity contribution < 1.29 is 4.79 Å². The molecule has 5 nitrogen and oxygen atoms in total. The lowest BCUT2D eigenvalue weighted by Gasteiger charge is -2.47. The zero-order valence-electron chi connectivity index (χ0n) is 16.2. The Morgan fingerprint density at radius 3 is 2.93 bits per heavy atom. The fourth-order valence-electron chi connectivity index (χ4n) is 4.69. The average Bonchev–Trinajstić information content (AvgIpc) is 3.45. The van der Waals surface area contributed by atoms with Crippen molar-refractivity contribution in [1.29, 1.82) is 0 Å². The molecule has 1 saturated heterocycles. The summed E-state index contributed by atoms with van der Waals surface area (Å²) in [5, 5.41) is 1.97. The molecule has 3 aromatic heterocycles. The summed E-state index contributed by atoms with van der Waals surface area (Å²) in [5.41, 5.74) is 2.18. The molecular weight excluding hydrogens is 368 g/mol. The molecule has 0 N–H and O–H groups in total. The summed E-state index contributed by atoms with van der Waals surface area (Å²) >= 11 is 1.52. The highest BCUT2D eigenvalue weighted by Gasteiger charge is 2.50. The summed E-state index contributed by atoms with van der Waals surface area (Å²) < 4.78 is 2.21. The molecule has 0 bridgehead atoms. The molecule has 28 heavy (non-hydrogen) atoms. The van der Waals surface area contributed by atoms with Gasteiger partial charge in [-0.15, -0.1) is 11.3 Å². The third-order valence-corrected chi connectivity index (χ3v) is 6.70. The molecule has 5 rings (SSSR count). The van der Waals surface area contributed by atoms with Crippen LogP contribution in [0.4, 0.5) is 5.69 Å². The van der Waals surface area contributed by atoms with Gasteiger partial charge in [-0.25, -0.2) is 4.98 Å². The molecule has 1 amide bonds. The largest absolute Gasteiger partial charge is 0.355 e. The highest BCUT2D eigenvalue weighted by atomic mass is 32.1. The van der Waals surface area contributed by atoms with E-state index in [0.717, 1.165) is 35.9 Å². The number of hydrogen-bond donors (Lipinski definition) is 0. The number of likely N-dealkylation sites (tertiary alicyclic amines) is 1. The zero-order chi connectivity index (χ0) is 19.3. The number of aromatic nitrogens is 2. The third-order valence-electron chi connectivity index (χ3n) is 5.84. The minimum Gasteiger partial charge on any atom is -0.355 e. The number of hydrogen-bond acceptors (Lipinski definition) is 4. The minimum atomic E-state index is -0.212. The Morgan fingerprint density at radius 1 is 1.25 bits per heavy atom. The average molecular weight is 393 g/mol. The Kier molecular flexibility index (Phi) is 4.05. The molecule has 1 fully saturated rings. The van der Waals surface area contributed by atoms with Gasteiger partial charge in [-0.05, 0) is 48.1 Å². The summed E-state index contributed by atoms with van der Waals surface area (Å²) in [4.78, 5) is 23.1. The molecule has 5 heterocycles. The lowest BCUT2D eigenvalue weighted by Crippen LogP contribution is -2.53. The van der Waals surface area contributed by atoms with Crippen LogP contribution in [0.15, 0.2) is 54.2 Å². The second-order valence-corrected chi connectivity index (χ2v) is 9.05. The van der Waals surface area contributed by atoms with Gasteiger partial charge in [0.05, 0.1) is 16.3 Å². The van der Waals surface area contributed by atoms with Crippen LogP contribution >= 0.6 is 11.3 Å². The molecule has 3 aromatic rings. The van der Waals surface area contributed by atoms with Crippen LogP contribution in [-0.4, -0.2) is 40.0 Å². The number of pyridine rings is 1.